The molecule has 0 fully saturated rings. The number of aromatic nitrogens is 1. The van der Waals surface area contributed by atoms with E-state index in [2.05, 4.69) is 5.10 Å². The highest BCUT2D eigenvalue weighted by atomic mass is 35.5. The third-order valence-corrected chi connectivity index (χ3v) is 6.71. The van der Waals surface area contributed by atoms with Crippen LogP contribution in [-0.4, -0.2) is 22.1 Å². The Labute approximate surface area is 219 Å². The van der Waals surface area contributed by atoms with E-state index >= 15 is 0 Å². The number of carbonyl (C=O) groups excluding carboxylic acids is 2. The Balaban J connectivity index is 1.54. The van der Waals surface area contributed by atoms with Gasteiger partial charge in [-0.3, -0.25) is 14.2 Å². The molecule has 0 aliphatic carbocycles. The van der Waals surface area contributed by atoms with E-state index in [1.165, 1.54) is 12.1 Å². The molecule has 2 heterocycles. The molecule has 5 nitrogen and oxygen atoms in total. The predicted octanol–water partition coefficient (Wildman–Crippen LogP) is 7.30. The molecule has 5 rings (SSSR count). The summed E-state index contributed by atoms with van der Waals surface area (Å²) in [6.45, 7) is 1.79. The lowest BCUT2D eigenvalue weighted by Crippen LogP contribution is -2.20. The van der Waals surface area contributed by atoms with Crippen LogP contribution in [0.15, 0.2) is 71.8 Å². The minimum atomic E-state index is -4.54. The van der Waals surface area contributed by atoms with Crippen LogP contribution in [-0.2, 0) is 17.4 Å². The Bertz CT molecular complexity index is 1590. The topological polar surface area (TPSA) is 54.7 Å². The van der Waals surface area contributed by atoms with E-state index in [4.69, 9.17) is 23.2 Å². The number of carbonyl (C=O) groups is 2. The zero-order valence-electron chi connectivity index (χ0n) is 19.3. The van der Waals surface area contributed by atoms with Gasteiger partial charge in [0.15, 0.2) is 0 Å². The van der Waals surface area contributed by atoms with Crippen LogP contribution >= 0.6 is 23.2 Å². The summed E-state index contributed by atoms with van der Waals surface area (Å²) < 4.78 is 41.1. The lowest BCUT2D eigenvalue weighted by atomic mass is 10.0. The second kappa shape index (κ2) is 9.36. The van der Waals surface area contributed by atoms with Crippen LogP contribution in [0.5, 0.6) is 0 Å². The van der Waals surface area contributed by atoms with Crippen molar-refractivity contribution in [2.24, 2.45) is 5.10 Å². The number of fused-ring (bicyclic) bond motifs is 1. The summed E-state index contributed by atoms with van der Waals surface area (Å²) in [6, 6.07) is 16.2. The van der Waals surface area contributed by atoms with Gasteiger partial charge in [-0.15, -0.1) is 0 Å². The highest BCUT2D eigenvalue weighted by molar-refractivity contribution is 6.31. The quantitative estimate of drug-likeness (QED) is 0.271. The molecule has 0 spiro atoms. The van der Waals surface area contributed by atoms with Gasteiger partial charge in [-0.1, -0.05) is 29.3 Å². The lowest BCUT2D eigenvalue weighted by Gasteiger charge is -2.14. The lowest BCUT2D eigenvalue weighted by molar-refractivity contribution is -0.137. The first-order chi connectivity index (χ1) is 17.5. The first-order valence-corrected chi connectivity index (χ1v) is 11.9. The molecule has 0 bridgehead atoms. The second-order valence-electron chi connectivity index (χ2n) is 8.65. The van der Waals surface area contributed by atoms with E-state index in [9.17, 15) is 22.8 Å². The summed E-state index contributed by atoms with van der Waals surface area (Å²) in [5.74, 6) is -0.700. The molecule has 188 valence electrons. The van der Waals surface area contributed by atoms with Gasteiger partial charge in [-0.25, -0.2) is 5.01 Å². The summed E-state index contributed by atoms with van der Waals surface area (Å²) >= 11 is 12.2. The molecular formula is C27H18Cl2F3N3O2. The fraction of sp³-hybridized carbons (Fsp3) is 0.148. The maximum absolute atomic E-state index is 13.4. The Morgan fingerprint density at radius 2 is 1.70 bits per heavy atom. The third-order valence-electron chi connectivity index (χ3n) is 6.22. The maximum atomic E-state index is 13.4. The van der Waals surface area contributed by atoms with Gasteiger partial charge in [0, 0.05) is 33.1 Å². The summed E-state index contributed by atoms with van der Waals surface area (Å²) in [7, 11) is 0. The summed E-state index contributed by atoms with van der Waals surface area (Å²) in [5, 5.41) is 7.03. The monoisotopic (exact) mass is 543 g/mol. The number of rotatable bonds is 4. The summed E-state index contributed by atoms with van der Waals surface area (Å²) in [5.41, 5.74) is 2.10. The number of benzene rings is 3. The molecule has 10 heteroatoms. The largest absolute Gasteiger partial charge is 0.416 e. The summed E-state index contributed by atoms with van der Waals surface area (Å²) in [4.78, 5) is 26.1. The first kappa shape index (κ1) is 25.0. The van der Waals surface area contributed by atoms with Crippen molar-refractivity contribution in [1.82, 2.24) is 4.57 Å². The van der Waals surface area contributed by atoms with E-state index in [1.54, 1.807) is 54.0 Å². The normalized spacial score (nSPS) is 13.9. The number of hydrogen-bond donors (Lipinski definition) is 0. The molecular weight excluding hydrogens is 526 g/mol. The van der Waals surface area contributed by atoms with Crippen LogP contribution in [0.3, 0.4) is 0 Å². The predicted molar refractivity (Wildman–Crippen MR) is 138 cm³/mol. The first-order valence-electron chi connectivity index (χ1n) is 11.2. The average Bonchev–Trinajstić information content (AvgIpc) is 3.35. The van der Waals surface area contributed by atoms with Gasteiger partial charge in [0.2, 0.25) is 0 Å². The molecule has 1 aliphatic heterocycles. The molecule has 0 N–H and O–H groups in total. The fourth-order valence-corrected chi connectivity index (χ4v) is 4.76. The zero-order valence-corrected chi connectivity index (χ0v) is 20.8. The minimum Gasteiger partial charge on any atom is -0.280 e. The maximum Gasteiger partial charge on any atom is 0.416 e. The molecule has 0 saturated heterocycles. The second-order valence-corrected chi connectivity index (χ2v) is 9.52. The van der Waals surface area contributed by atoms with Gasteiger partial charge in [-0.2, -0.15) is 18.3 Å². The van der Waals surface area contributed by atoms with Crippen molar-refractivity contribution in [2.75, 3.05) is 5.01 Å². The Hall–Kier alpha value is -3.62. The van der Waals surface area contributed by atoms with Crippen molar-refractivity contribution in [3.05, 3.63) is 99.2 Å². The molecule has 0 radical (unpaired) electrons. The van der Waals surface area contributed by atoms with Crippen LogP contribution in [0.2, 0.25) is 10.0 Å². The van der Waals surface area contributed by atoms with Gasteiger partial charge in [0.1, 0.15) is 0 Å². The molecule has 1 amide bonds. The number of hydrogen-bond acceptors (Lipinski definition) is 3. The van der Waals surface area contributed by atoms with Crippen molar-refractivity contribution in [3.8, 4) is 0 Å². The van der Waals surface area contributed by atoms with E-state index in [0.29, 0.717) is 32.5 Å². The number of nitrogens with zero attached hydrogens (tertiary/aromatic N) is 3. The Kier molecular flexibility index (Phi) is 6.33. The molecule has 0 saturated carbocycles. The molecule has 0 atom stereocenters. The van der Waals surface area contributed by atoms with Gasteiger partial charge < -0.3 is 0 Å². The standard InChI is InChI=1S/C27H18Cl2F3N3O2/c1-15-22(13-20-14-25(36)35(33-20)21-4-2-3-17(11-21)27(30,31)32)23-12-19(29)9-10-24(23)34(15)26(37)16-5-7-18(28)8-6-16/h2-12H,13-14H2,1H3. The molecule has 1 aromatic heterocycles. The van der Waals surface area contributed by atoms with E-state index < -0.39 is 17.6 Å². The smallest absolute Gasteiger partial charge is 0.280 e. The third kappa shape index (κ3) is 4.74. The SMILES string of the molecule is Cc1c(CC2=NN(c3cccc(C(F)(F)F)c3)C(=O)C2)c2cc(Cl)ccc2n1C(=O)c1ccc(Cl)cc1. The van der Waals surface area contributed by atoms with Gasteiger partial charge >= 0.3 is 6.18 Å². The van der Waals surface area contributed by atoms with Crippen LogP contribution in [0.25, 0.3) is 10.9 Å². The Morgan fingerprint density at radius 3 is 2.41 bits per heavy atom. The van der Waals surface area contributed by atoms with Crippen LogP contribution in [0.1, 0.15) is 33.6 Å². The molecule has 37 heavy (non-hydrogen) atoms. The van der Waals surface area contributed by atoms with E-state index in [1.807, 2.05) is 0 Å². The number of halogens is 5. The van der Waals surface area contributed by atoms with E-state index in [0.717, 1.165) is 28.1 Å². The molecule has 3 aromatic carbocycles. The fourth-order valence-electron chi connectivity index (χ4n) is 4.46. The number of hydrazone groups is 1. The minimum absolute atomic E-state index is 0.0370. The highest BCUT2D eigenvalue weighted by Crippen LogP contribution is 2.34. The van der Waals surface area contributed by atoms with Crippen molar-refractivity contribution in [3.63, 3.8) is 0 Å². The van der Waals surface area contributed by atoms with Gasteiger partial charge in [0.05, 0.1) is 28.9 Å². The van der Waals surface area contributed by atoms with E-state index in [-0.39, 0.29) is 24.4 Å². The zero-order chi connectivity index (χ0) is 26.5. The van der Waals surface area contributed by atoms with Crippen LogP contribution in [0.4, 0.5) is 18.9 Å². The van der Waals surface area contributed by atoms with Gasteiger partial charge in [-0.05, 0) is 73.2 Å². The van der Waals surface area contributed by atoms with Crippen molar-refractivity contribution in [1.29, 1.82) is 0 Å². The molecule has 4 aromatic rings. The molecule has 1 aliphatic rings. The number of alkyl halides is 3. The summed E-state index contributed by atoms with van der Waals surface area (Å²) in [6.07, 6.45) is -4.39. The van der Waals surface area contributed by atoms with Crippen molar-refractivity contribution in [2.45, 2.75) is 25.9 Å². The highest BCUT2D eigenvalue weighted by Gasteiger charge is 2.33. The van der Waals surface area contributed by atoms with Gasteiger partial charge in [0.25, 0.3) is 11.8 Å². The number of amides is 1. The molecule has 0 unspecified atom stereocenters. The van der Waals surface area contributed by atoms with Crippen molar-refractivity contribution < 1.29 is 22.8 Å². The van der Waals surface area contributed by atoms with Crippen LogP contribution in [0, 0.1) is 6.92 Å². The number of anilines is 1. The van der Waals surface area contributed by atoms with Crippen LogP contribution < -0.4 is 5.01 Å². The van der Waals surface area contributed by atoms with Crippen molar-refractivity contribution >= 4 is 57.3 Å². The average molecular weight is 544 g/mol. The Morgan fingerprint density at radius 1 is 1.00 bits per heavy atom.